The highest BCUT2D eigenvalue weighted by molar-refractivity contribution is 6.33. The number of nitrogens with zero attached hydrogens (tertiary/aromatic N) is 1. The lowest BCUT2D eigenvalue weighted by molar-refractivity contribution is -0.179. The molecular formula is C13H17ClF3N3. The van der Waals surface area contributed by atoms with Gasteiger partial charge in [-0.05, 0) is 25.0 Å². The molecule has 1 aromatic rings. The first-order valence-electron chi connectivity index (χ1n) is 6.41. The molecule has 0 saturated carbocycles. The van der Waals surface area contributed by atoms with Crippen molar-refractivity contribution in [1.82, 2.24) is 0 Å². The van der Waals surface area contributed by atoms with Crippen LogP contribution in [0, 0.1) is 5.92 Å². The molecule has 0 amide bonds. The lowest BCUT2D eigenvalue weighted by Crippen LogP contribution is -2.39. The third-order valence-electron chi connectivity index (χ3n) is 3.69. The minimum Gasteiger partial charge on any atom is -0.397 e. The van der Waals surface area contributed by atoms with Crippen molar-refractivity contribution in [2.45, 2.75) is 19.0 Å². The quantitative estimate of drug-likeness (QED) is 0.818. The largest absolute Gasteiger partial charge is 0.397 e. The Morgan fingerprint density at radius 1 is 1.30 bits per heavy atom. The average Bonchev–Trinajstić information content (AvgIpc) is 2.40. The molecule has 112 valence electrons. The molecule has 1 aromatic carbocycles. The van der Waals surface area contributed by atoms with E-state index in [0.29, 0.717) is 35.2 Å². The van der Waals surface area contributed by atoms with Gasteiger partial charge in [0.1, 0.15) is 0 Å². The van der Waals surface area contributed by atoms with Gasteiger partial charge in [-0.3, -0.25) is 0 Å². The van der Waals surface area contributed by atoms with E-state index in [-0.39, 0.29) is 12.8 Å². The van der Waals surface area contributed by atoms with Gasteiger partial charge in [-0.15, -0.1) is 0 Å². The summed E-state index contributed by atoms with van der Waals surface area (Å²) in [5, 5.41) is 3.41. The van der Waals surface area contributed by atoms with E-state index in [9.17, 15) is 13.2 Å². The molecule has 0 aromatic heterocycles. The van der Waals surface area contributed by atoms with Crippen LogP contribution in [0.15, 0.2) is 12.1 Å². The van der Waals surface area contributed by atoms with E-state index in [1.165, 1.54) is 0 Å². The topological polar surface area (TPSA) is 41.3 Å². The molecular weight excluding hydrogens is 291 g/mol. The summed E-state index contributed by atoms with van der Waals surface area (Å²) < 4.78 is 37.9. The molecule has 0 radical (unpaired) electrons. The van der Waals surface area contributed by atoms with E-state index in [2.05, 4.69) is 5.32 Å². The molecule has 0 unspecified atom stereocenters. The van der Waals surface area contributed by atoms with E-state index in [0.717, 1.165) is 0 Å². The normalized spacial score (nSPS) is 17.4. The number of rotatable bonds is 2. The van der Waals surface area contributed by atoms with Gasteiger partial charge < -0.3 is 16.0 Å². The molecule has 0 atom stereocenters. The van der Waals surface area contributed by atoms with Gasteiger partial charge in [0.2, 0.25) is 0 Å². The van der Waals surface area contributed by atoms with Gasteiger partial charge in [-0.2, -0.15) is 13.2 Å². The summed E-state index contributed by atoms with van der Waals surface area (Å²) in [5.74, 6) is -1.22. The molecule has 1 aliphatic heterocycles. The predicted octanol–water partition coefficient (Wildman–Crippen LogP) is 3.74. The Bertz CT molecular complexity index is 482. The maximum absolute atomic E-state index is 12.6. The molecule has 1 aliphatic rings. The summed E-state index contributed by atoms with van der Waals surface area (Å²) in [4.78, 5) is 1.86. The van der Waals surface area contributed by atoms with Crippen molar-refractivity contribution >= 4 is 28.7 Å². The van der Waals surface area contributed by atoms with Crippen LogP contribution < -0.4 is 16.0 Å². The molecule has 3 nitrogen and oxygen atoms in total. The average molecular weight is 308 g/mol. The van der Waals surface area contributed by atoms with Crippen LogP contribution in [0.2, 0.25) is 5.02 Å². The highest BCUT2D eigenvalue weighted by atomic mass is 35.5. The van der Waals surface area contributed by atoms with Gasteiger partial charge >= 0.3 is 6.18 Å². The van der Waals surface area contributed by atoms with E-state index >= 15 is 0 Å². The van der Waals surface area contributed by atoms with Gasteiger partial charge in [0, 0.05) is 20.1 Å². The number of benzene rings is 1. The molecule has 0 spiro atoms. The van der Waals surface area contributed by atoms with Crippen molar-refractivity contribution in [3.05, 3.63) is 17.2 Å². The highest BCUT2D eigenvalue weighted by Gasteiger charge is 2.41. The Morgan fingerprint density at radius 2 is 1.90 bits per heavy atom. The van der Waals surface area contributed by atoms with E-state index in [4.69, 9.17) is 17.3 Å². The molecule has 1 heterocycles. The first kappa shape index (κ1) is 15.1. The Kier molecular flexibility index (Phi) is 4.22. The van der Waals surface area contributed by atoms with Crippen molar-refractivity contribution in [3.8, 4) is 0 Å². The zero-order valence-corrected chi connectivity index (χ0v) is 11.9. The smallest absolute Gasteiger partial charge is 0.391 e. The van der Waals surface area contributed by atoms with Crippen LogP contribution in [-0.2, 0) is 0 Å². The van der Waals surface area contributed by atoms with Crippen molar-refractivity contribution in [2.24, 2.45) is 5.92 Å². The highest BCUT2D eigenvalue weighted by Crippen LogP contribution is 2.39. The van der Waals surface area contributed by atoms with Crippen molar-refractivity contribution < 1.29 is 13.2 Å². The minimum atomic E-state index is -4.11. The summed E-state index contributed by atoms with van der Waals surface area (Å²) in [6, 6.07) is 3.41. The first-order valence-corrected chi connectivity index (χ1v) is 6.79. The molecule has 20 heavy (non-hydrogen) atoms. The standard InChI is InChI=1S/C13H17ClF3N3/c1-19-11-6-9(14)12(7-10(11)18)20-4-2-8(3-5-20)13(15,16)17/h6-8,19H,2-5,18H2,1H3. The molecule has 1 fully saturated rings. The summed E-state index contributed by atoms with van der Waals surface area (Å²) in [7, 11) is 1.73. The summed E-state index contributed by atoms with van der Waals surface area (Å²) >= 11 is 6.18. The van der Waals surface area contributed by atoms with Crippen LogP contribution in [0.3, 0.4) is 0 Å². The van der Waals surface area contributed by atoms with Crippen molar-refractivity contribution in [3.63, 3.8) is 0 Å². The van der Waals surface area contributed by atoms with E-state index < -0.39 is 12.1 Å². The SMILES string of the molecule is CNc1cc(Cl)c(N2CCC(C(F)(F)F)CC2)cc1N. The molecule has 0 bridgehead atoms. The second-order valence-electron chi connectivity index (χ2n) is 4.94. The van der Waals surface area contributed by atoms with Gasteiger partial charge in [0.15, 0.2) is 0 Å². The van der Waals surface area contributed by atoms with Crippen molar-refractivity contribution in [1.29, 1.82) is 0 Å². The fraction of sp³-hybridized carbons (Fsp3) is 0.538. The third kappa shape index (κ3) is 3.06. The van der Waals surface area contributed by atoms with Crippen LogP contribution in [0.5, 0.6) is 0 Å². The summed E-state index contributed by atoms with van der Waals surface area (Å²) in [6.07, 6.45) is -3.92. The maximum atomic E-state index is 12.6. The summed E-state index contributed by atoms with van der Waals surface area (Å²) in [6.45, 7) is 0.671. The third-order valence-corrected chi connectivity index (χ3v) is 3.99. The molecule has 1 saturated heterocycles. The van der Waals surface area contributed by atoms with Gasteiger partial charge in [0.05, 0.1) is 28.0 Å². The number of nitrogens with two attached hydrogens (primary N) is 1. The van der Waals surface area contributed by atoms with Crippen molar-refractivity contribution in [2.75, 3.05) is 36.1 Å². The minimum absolute atomic E-state index is 0.0908. The summed E-state index contributed by atoms with van der Waals surface area (Å²) in [5.41, 5.74) is 7.82. The molecule has 3 N–H and O–H groups in total. The predicted molar refractivity (Wildman–Crippen MR) is 76.4 cm³/mol. The van der Waals surface area contributed by atoms with Crippen LogP contribution in [0.1, 0.15) is 12.8 Å². The molecule has 7 heteroatoms. The van der Waals surface area contributed by atoms with Gasteiger partial charge in [0.25, 0.3) is 0 Å². The second-order valence-corrected chi connectivity index (χ2v) is 5.35. The number of nitrogens with one attached hydrogen (secondary N) is 1. The Hall–Kier alpha value is -1.30. The molecule has 0 aliphatic carbocycles. The van der Waals surface area contributed by atoms with Crippen LogP contribution in [0.4, 0.5) is 30.2 Å². The maximum Gasteiger partial charge on any atom is 0.391 e. The zero-order chi connectivity index (χ0) is 14.9. The number of halogens is 4. The second kappa shape index (κ2) is 5.60. The fourth-order valence-electron chi connectivity index (χ4n) is 2.48. The zero-order valence-electron chi connectivity index (χ0n) is 11.1. The number of nitrogen functional groups attached to an aromatic ring is 1. The van der Waals surface area contributed by atoms with Crippen LogP contribution in [-0.4, -0.2) is 26.3 Å². The van der Waals surface area contributed by atoms with E-state index in [1.807, 2.05) is 4.90 Å². The number of hydrogen-bond donors (Lipinski definition) is 2. The monoisotopic (exact) mass is 307 g/mol. The Morgan fingerprint density at radius 3 is 2.40 bits per heavy atom. The number of anilines is 3. The number of alkyl halides is 3. The fourth-order valence-corrected chi connectivity index (χ4v) is 2.77. The van der Waals surface area contributed by atoms with Crippen LogP contribution in [0.25, 0.3) is 0 Å². The number of piperidine rings is 1. The van der Waals surface area contributed by atoms with Gasteiger partial charge in [-0.1, -0.05) is 11.6 Å². The molecule has 2 rings (SSSR count). The Balaban J connectivity index is 2.13. The van der Waals surface area contributed by atoms with E-state index in [1.54, 1.807) is 19.2 Å². The Labute approximate surface area is 120 Å². The number of hydrogen-bond acceptors (Lipinski definition) is 3. The lowest BCUT2D eigenvalue weighted by atomic mass is 9.96. The first-order chi connectivity index (χ1) is 9.32. The van der Waals surface area contributed by atoms with Gasteiger partial charge in [-0.25, -0.2) is 0 Å². The lowest BCUT2D eigenvalue weighted by Gasteiger charge is -2.35. The van der Waals surface area contributed by atoms with Crippen LogP contribution >= 0.6 is 11.6 Å².